The molecule has 132 valence electrons. The molecule has 5 nitrogen and oxygen atoms in total. The van der Waals surface area contributed by atoms with Crippen molar-refractivity contribution < 1.29 is 17.2 Å². The van der Waals surface area contributed by atoms with E-state index in [2.05, 4.69) is 9.71 Å². The Balaban J connectivity index is 1.95. The van der Waals surface area contributed by atoms with Crippen LogP contribution in [0.4, 0.5) is 14.5 Å². The zero-order chi connectivity index (χ0) is 18.9. The van der Waals surface area contributed by atoms with Crippen LogP contribution in [0.15, 0.2) is 53.6 Å². The third kappa shape index (κ3) is 3.30. The fourth-order valence-corrected chi connectivity index (χ4v) is 3.58. The van der Waals surface area contributed by atoms with Crippen molar-refractivity contribution in [2.75, 3.05) is 4.72 Å². The highest BCUT2D eigenvalue weighted by atomic mass is 32.2. The maximum atomic E-state index is 14.1. The summed E-state index contributed by atoms with van der Waals surface area (Å²) in [5, 5.41) is 8.73. The molecule has 0 aliphatic rings. The first-order valence-corrected chi connectivity index (χ1v) is 8.96. The second-order valence-corrected chi connectivity index (χ2v) is 7.28. The summed E-state index contributed by atoms with van der Waals surface area (Å²) in [7, 11) is -4.09. The van der Waals surface area contributed by atoms with Crippen LogP contribution in [0.25, 0.3) is 11.3 Å². The van der Waals surface area contributed by atoms with Crippen molar-refractivity contribution in [2.45, 2.75) is 11.8 Å². The van der Waals surface area contributed by atoms with E-state index in [1.54, 1.807) is 25.1 Å². The maximum Gasteiger partial charge on any atom is 0.263 e. The van der Waals surface area contributed by atoms with Crippen molar-refractivity contribution in [3.8, 4) is 17.3 Å². The Morgan fingerprint density at radius 1 is 1.12 bits per heavy atom. The van der Waals surface area contributed by atoms with Crippen molar-refractivity contribution in [3.63, 3.8) is 0 Å². The van der Waals surface area contributed by atoms with Crippen molar-refractivity contribution in [1.82, 2.24) is 4.98 Å². The van der Waals surface area contributed by atoms with E-state index in [1.165, 1.54) is 30.5 Å². The minimum atomic E-state index is -4.09. The van der Waals surface area contributed by atoms with Crippen LogP contribution < -0.4 is 4.72 Å². The number of nitrogens with one attached hydrogen (secondary N) is 2. The molecule has 0 saturated carbocycles. The Morgan fingerprint density at radius 2 is 1.88 bits per heavy atom. The predicted molar refractivity (Wildman–Crippen MR) is 92.8 cm³/mol. The molecule has 1 heterocycles. The molecule has 0 fully saturated rings. The molecule has 3 rings (SSSR count). The third-order valence-corrected chi connectivity index (χ3v) is 5.15. The number of aromatic amines is 1. The Labute approximate surface area is 149 Å². The standard InChI is InChI=1S/C18H13F2N3O2S/c1-11-3-2-4-14(19)18(11)17-8-13(10-22-17)26(24,25)23-16-6-5-12(9-21)7-15(16)20/h2-8,10,22-23H,1H3. The molecule has 0 bridgehead atoms. The van der Waals surface area contributed by atoms with Crippen molar-refractivity contribution >= 4 is 15.7 Å². The number of benzene rings is 2. The van der Waals surface area contributed by atoms with Gasteiger partial charge in [0, 0.05) is 17.5 Å². The second-order valence-electron chi connectivity index (χ2n) is 5.59. The van der Waals surface area contributed by atoms with Crippen LogP contribution in [0.2, 0.25) is 0 Å². The first kappa shape index (κ1) is 17.6. The number of anilines is 1. The van der Waals surface area contributed by atoms with Crippen molar-refractivity contribution in [2.24, 2.45) is 0 Å². The number of sulfonamides is 1. The zero-order valence-corrected chi connectivity index (χ0v) is 14.4. The highest BCUT2D eigenvalue weighted by Crippen LogP contribution is 2.28. The van der Waals surface area contributed by atoms with Gasteiger partial charge in [-0.25, -0.2) is 17.2 Å². The number of aromatic nitrogens is 1. The minimum absolute atomic E-state index is 0.0735. The first-order valence-electron chi connectivity index (χ1n) is 7.48. The van der Waals surface area contributed by atoms with Crippen LogP contribution in [0, 0.1) is 29.9 Å². The van der Waals surface area contributed by atoms with Gasteiger partial charge in [0.1, 0.15) is 16.5 Å². The van der Waals surface area contributed by atoms with E-state index in [0.29, 0.717) is 11.3 Å². The van der Waals surface area contributed by atoms with Crippen molar-refractivity contribution in [3.05, 3.63) is 71.4 Å². The number of aryl methyl sites for hydroxylation is 1. The van der Waals surface area contributed by atoms with Gasteiger partial charge in [0.25, 0.3) is 10.0 Å². The summed E-state index contributed by atoms with van der Waals surface area (Å²) >= 11 is 0. The number of rotatable bonds is 4. The van der Waals surface area contributed by atoms with Gasteiger partial charge in [-0.2, -0.15) is 5.26 Å². The molecule has 0 unspecified atom stereocenters. The molecule has 0 aliphatic heterocycles. The minimum Gasteiger partial charge on any atom is -0.360 e. The predicted octanol–water partition coefficient (Wildman–Crippen LogP) is 3.94. The molecule has 0 radical (unpaired) electrons. The number of nitrogens with zero attached hydrogens (tertiary/aromatic N) is 1. The number of H-pyrrole nitrogens is 1. The van der Waals surface area contributed by atoms with Gasteiger partial charge in [0.2, 0.25) is 0 Å². The molecule has 2 N–H and O–H groups in total. The fraction of sp³-hybridized carbons (Fsp3) is 0.0556. The number of halogens is 2. The van der Waals surface area contributed by atoms with E-state index in [9.17, 15) is 17.2 Å². The van der Waals surface area contributed by atoms with Gasteiger partial charge < -0.3 is 4.98 Å². The highest BCUT2D eigenvalue weighted by Gasteiger charge is 2.20. The molecule has 8 heteroatoms. The largest absolute Gasteiger partial charge is 0.360 e. The van der Waals surface area contributed by atoms with Gasteiger partial charge in [-0.1, -0.05) is 12.1 Å². The van der Waals surface area contributed by atoms with Crippen LogP contribution in [0.5, 0.6) is 0 Å². The molecule has 1 aromatic heterocycles. The summed E-state index contributed by atoms with van der Waals surface area (Å²) in [5.41, 5.74) is 0.986. The quantitative estimate of drug-likeness (QED) is 0.726. The van der Waals surface area contributed by atoms with Gasteiger partial charge in [-0.15, -0.1) is 0 Å². The first-order chi connectivity index (χ1) is 12.3. The maximum absolute atomic E-state index is 14.1. The topological polar surface area (TPSA) is 85.8 Å². The van der Waals surface area contributed by atoms with E-state index < -0.39 is 21.7 Å². The summed E-state index contributed by atoms with van der Waals surface area (Å²) in [4.78, 5) is 2.56. The van der Waals surface area contributed by atoms with Crippen molar-refractivity contribution in [1.29, 1.82) is 5.26 Å². The third-order valence-electron chi connectivity index (χ3n) is 3.80. The molecule has 0 aliphatic carbocycles. The molecule has 0 saturated heterocycles. The molecule has 3 aromatic rings. The normalized spacial score (nSPS) is 11.2. The van der Waals surface area contributed by atoms with Crippen LogP contribution in [-0.4, -0.2) is 13.4 Å². The van der Waals surface area contributed by atoms with Gasteiger partial charge in [-0.3, -0.25) is 4.72 Å². The molecular formula is C18H13F2N3O2S. The lowest BCUT2D eigenvalue weighted by molar-refractivity contribution is 0.598. The zero-order valence-electron chi connectivity index (χ0n) is 13.5. The van der Waals surface area contributed by atoms with E-state index in [-0.39, 0.29) is 21.7 Å². The van der Waals surface area contributed by atoms with Crippen LogP contribution in [0.3, 0.4) is 0 Å². The Hall–Kier alpha value is -3.18. The van der Waals surface area contributed by atoms with E-state index in [0.717, 1.165) is 6.07 Å². The molecule has 2 aromatic carbocycles. The number of nitriles is 1. The molecule has 0 spiro atoms. The molecular weight excluding hydrogens is 360 g/mol. The summed E-state index contributed by atoms with van der Waals surface area (Å²) in [6.07, 6.45) is 1.20. The van der Waals surface area contributed by atoms with Gasteiger partial charge in [-0.05, 0) is 42.8 Å². The summed E-state index contributed by atoms with van der Waals surface area (Å²) < 4.78 is 55.0. The van der Waals surface area contributed by atoms with Crippen LogP contribution in [-0.2, 0) is 10.0 Å². The molecule has 26 heavy (non-hydrogen) atoms. The number of hydrogen-bond donors (Lipinski definition) is 2. The Morgan fingerprint density at radius 3 is 2.54 bits per heavy atom. The Kier molecular flexibility index (Phi) is 4.49. The number of hydrogen-bond acceptors (Lipinski definition) is 3. The Bertz CT molecular complexity index is 1110. The average molecular weight is 373 g/mol. The molecule has 0 atom stereocenters. The van der Waals surface area contributed by atoms with Crippen LogP contribution >= 0.6 is 0 Å². The second kappa shape index (κ2) is 6.61. The smallest absolute Gasteiger partial charge is 0.263 e. The summed E-state index contributed by atoms with van der Waals surface area (Å²) in [5.74, 6) is -1.35. The van der Waals surface area contributed by atoms with E-state index >= 15 is 0 Å². The highest BCUT2D eigenvalue weighted by molar-refractivity contribution is 7.92. The molecule has 0 amide bonds. The lowest BCUT2D eigenvalue weighted by atomic mass is 10.1. The summed E-state index contributed by atoms with van der Waals surface area (Å²) in [6, 6.07) is 11.0. The van der Waals surface area contributed by atoms with Gasteiger partial charge in [0.15, 0.2) is 0 Å². The van der Waals surface area contributed by atoms with Gasteiger partial charge >= 0.3 is 0 Å². The monoisotopic (exact) mass is 373 g/mol. The van der Waals surface area contributed by atoms with Crippen LogP contribution in [0.1, 0.15) is 11.1 Å². The van der Waals surface area contributed by atoms with E-state index in [4.69, 9.17) is 5.26 Å². The fourth-order valence-electron chi connectivity index (χ4n) is 2.52. The lowest BCUT2D eigenvalue weighted by Gasteiger charge is -2.07. The SMILES string of the molecule is Cc1cccc(F)c1-c1cc(S(=O)(=O)Nc2ccc(C#N)cc2F)c[nH]1. The summed E-state index contributed by atoms with van der Waals surface area (Å²) in [6.45, 7) is 1.71. The van der Waals surface area contributed by atoms with E-state index in [1.807, 2.05) is 0 Å². The van der Waals surface area contributed by atoms with Gasteiger partial charge in [0.05, 0.1) is 17.3 Å². The lowest BCUT2D eigenvalue weighted by Crippen LogP contribution is -2.13. The average Bonchev–Trinajstić information content (AvgIpc) is 3.07.